The fraction of sp³-hybridized carbons (Fsp3) is 0.333. The van der Waals surface area contributed by atoms with E-state index in [2.05, 4.69) is 0 Å². The average molecular weight is 299 g/mol. The maximum Gasteiger partial charge on any atom is 0.308 e. The summed E-state index contributed by atoms with van der Waals surface area (Å²) in [7, 11) is 0. The Labute approximate surface area is 130 Å². The van der Waals surface area contributed by atoms with Gasteiger partial charge < -0.3 is 9.67 Å². The number of carbonyl (C=O) groups is 1. The molecule has 22 heavy (non-hydrogen) atoms. The lowest BCUT2D eigenvalue weighted by atomic mass is 10.1. The van der Waals surface area contributed by atoms with Gasteiger partial charge in [-0.1, -0.05) is 42.8 Å². The van der Waals surface area contributed by atoms with Gasteiger partial charge in [0.15, 0.2) is 0 Å². The van der Waals surface area contributed by atoms with Crippen molar-refractivity contribution < 1.29 is 9.90 Å². The molecular weight excluding hydrogens is 278 g/mol. The van der Waals surface area contributed by atoms with Gasteiger partial charge in [-0.05, 0) is 31.9 Å². The highest BCUT2D eigenvalue weighted by Gasteiger charge is 2.16. The molecule has 4 heteroatoms. The van der Waals surface area contributed by atoms with Crippen molar-refractivity contribution in [3.63, 3.8) is 0 Å². The standard InChI is InChI=1S/C18H21NO3/c1-4-13(3)19-16(14-7-5-12(2)6-8-14)10-9-15(18(19)22)11-17(20)21/h5-10,13H,4,11H2,1-3H3,(H,20,21). The van der Waals surface area contributed by atoms with Gasteiger partial charge in [-0.2, -0.15) is 0 Å². The second-order valence-corrected chi connectivity index (χ2v) is 5.61. The Morgan fingerprint density at radius 3 is 2.36 bits per heavy atom. The third kappa shape index (κ3) is 3.27. The fourth-order valence-electron chi connectivity index (χ4n) is 2.47. The van der Waals surface area contributed by atoms with Crippen molar-refractivity contribution in [2.24, 2.45) is 0 Å². The van der Waals surface area contributed by atoms with Crippen LogP contribution in [0.15, 0.2) is 41.2 Å². The number of benzene rings is 1. The number of rotatable bonds is 5. The Kier molecular flexibility index (Phi) is 4.81. The summed E-state index contributed by atoms with van der Waals surface area (Å²) in [5.74, 6) is -0.990. The topological polar surface area (TPSA) is 59.3 Å². The summed E-state index contributed by atoms with van der Waals surface area (Å²) >= 11 is 0. The molecule has 0 saturated carbocycles. The van der Waals surface area contributed by atoms with Gasteiger partial charge in [-0.25, -0.2) is 0 Å². The predicted octanol–water partition coefficient (Wildman–Crippen LogP) is 3.42. The van der Waals surface area contributed by atoms with Crippen LogP contribution < -0.4 is 5.56 Å². The quantitative estimate of drug-likeness (QED) is 0.920. The summed E-state index contributed by atoms with van der Waals surface area (Å²) in [6, 6.07) is 11.5. The molecule has 1 unspecified atom stereocenters. The number of aryl methyl sites for hydroxylation is 1. The smallest absolute Gasteiger partial charge is 0.308 e. The SMILES string of the molecule is CCC(C)n1c(-c2ccc(C)cc2)ccc(CC(=O)O)c1=O. The Morgan fingerprint density at radius 2 is 1.82 bits per heavy atom. The van der Waals surface area contributed by atoms with Gasteiger partial charge in [-0.15, -0.1) is 0 Å². The summed E-state index contributed by atoms with van der Waals surface area (Å²) < 4.78 is 1.71. The molecule has 0 saturated heterocycles. The van der Waals surface area contributed by atoms with Gasteiger partial charge >= 0.3 is 5.97 Å². The van der Waals surface area contributed by atoms with Crippen LogP contribution >= 0.6 is 0 Å². The molecule has 1 aromatic heterocycles. The molecule has 0 aliphatic rings. The third-order valence-corrected chi connectivity index (χ3v) is 3.92. The molecule has 1 atom stereocenters. The first kappa shape index (κ1) is 16.0. The van der Waals surface area contributed by atoms with Gasteiger partial charge in [0, 0.05) is 11.6 Å². The zero-order chi connectivity index (χ0) is 16.3. The van der Waals surface area contributed by atoms with Crippen molar-refractivity contribution in [3.05, 3.63) is 57.9 Å². The molecular formula is C18H21NO3. The number of pyridine rings is 1. The number of hydrogen-bond acceptors (Lipinski definition) is 2. The maximum absolute atomic E-state index is 12.7. The number of hydrogen-bond donors (Lipinski definition) is 1. The first-order chi connectivity index (χ1) is 10.4. The Bertz CT molecular complexity index is 729. The van der Waals surface area contributed by atoms with Crippen LogP contribution in [0.4, 0.5) is 0 Å². The number of carboxylic acids is 1. The fourth-order valence-corrected chi connectivity index (χ4v) is 2.47. The van der Waals surface area contributed by atoms with Crippen LogP contribution in [0.5, 0.6) is 0 Å². The minimum Gasteiger partial charge on any atom is -0.481 e. The Morgan fingerprint density at radius 1 is 1.18 bits per heavy atom. The highest BCUT2D eigenvalue weighted by Crippen LogP contribution is 2.23. The van der Waals surface area contributed by atoms with Crippen molar-refractivity contribution in [2.75, 3.05) is 0 Å². The van der Waals surface area contributed by atoms with Gasteiger partial charge in [0.25, 0.3) is 5.56 Å². The van der Waals surface area contributed by atoms with E-state index in [1.807, 2.05) is 51.1 Å². The summed E-state index contributed by atoms with van der Waals surface area (Å²) in [5.41, 5.74) is 3.06. The average Bonchev–Trinajstić information content (AvgIpc) is 2.49. The molecule has 2 aromatic rings. The number of carboxylic acid groups (broad SMARTS) is 1. The van der Waals surface area contributed by atoms with Crippen molar-refractivity contribution in [1.82, 2.24) is 4.57 Å². The monoisotopic (exact) mass is 299 g/mol. The van der Waals surface area contributed by atoms with E-state index < -0.39 is 5.97 Å². The lowest BCUT2D eigenvalue weighted by Gasteiger charge is -2.20. The maximum atomic E-state index is 12.7. The Balaban J connectivity index is 2.63. The molecule has 0 amide bonds. The van der Waals surface area contributed by atoms with Crippen LogP contribution in [0, 0.1) is 6.92 Å². The summed E-state index contributed by atoms with van der Waals surface area (Å²) in [6.45, 7) is 6.00. The first-order valence-corrected chi connectivity index (χ1v) is 7.47. The lowest BCUT2D eigenvalue weighted by molar-refractivity contribution is -0.136. The molecule has 4 nitrogen and oxygen atoms in total. The van der Waals surface area contributed by atoms with Crippen LogP contribution in [0.25, 0.3) is 11.3 Å². The van der Waals surface area contributed by atoms with Crippen molar-refractivity contribution in [3.8, 4) is 11.3 Å². The summed E-state index contributed by atoms with van der Waals surface area (Å²) in [5, 5.41) is 8.95. The van der Waals surface area contributed by atoms with E-state index in [4.69, 9.17) is 5.11 Å². The largest absolute Gasteiger partial charge is 0.481 e. The van der Waals surface area contributed by atoms with E-state index in [9.17, 15) is 9.59 Å². The van der Waals surface area contributed by atoms with Crippen LogP contribution in [0.2, 0.25) is 0 Å². The van der Waals surface area contributed by atoms with Crippen molar-refractivity contribution >= 4 is 5.97 Å². The van der Waals surface area contributed by atoms with Crippen LogP contribution in [-0.2, 0) is 11.2 Å². The van der Waals surface area contributed by atoms with Gasteiger partial charge in [-0.3, -0.25) is 9.59 Å². The number of nitrogens with zero attached hydrogens (tertiary/aromatic N) is 1. The molecule has 0 bridgehead atoms. The van der Waals surface area contributed by atoms with Gasteiger partial charge in [0.05, 0.1) is 12.1 Å². The predicted molar refractivity (Wildman–Crippen MR) is 87.2 cm³/mol. The van der Waals surface area contributed by atoms with E-state index in [0.717, 1.165) is 23.2 Å². The molecule has 116 valence electrons. The van der Waals surface area contributed by atoms with Crippen LogP contribution in [0.3, 0.4) is 0 Å². The third-order valence-electron chi connectivity index (χ3n) is 3.92. The van der Waals surface area contributed by atoms with Crippen molar-refractivity contribution in [1.29, 1.82) is 0 Å². The molecule has 1 aromatic carbocycles. The molecule has 1 heterocycles. The van der Waals surface area contributed by atoms with E-state index in [1.165, 1.54) is 0 Å². The van der Waals surface area contributed by atoms with E-state index in [0.29, 0.717) is 5.56 Å². The molecule has 0 radical (unpaired) electrons. The number of aliphatic carboxylic acids is 1. The molecule has 0 spiro atoms. The van der Waals surface area contributed by atoms with Crippen LogP contribution in [0.1, 0.15) is 37.4 Å². The minimum absolute atomic E-state index is 0.0116. The lowest BCUT2D eigenvalue weighted by Crippen LogP contribution is -2.28. The number of aromatic nitrogens is 1. The van der Waals surface area contributed by atoms with Gasteiger partial charge in [0.1, 0.15) is 0 Å². The second kappa shape index (κ2) is 6.60. The zero-order valence-electron chi connectivity index (χ0n) is 13.2. The highest BCUT2D eigenvalue weighted by atomic mass is 16.4. The van der Waals surface area contributed by atoms with Gasteiger partial charge in [0.2, 0.25) is 0 Å². The zero-order valence-corrected chi connectivity index (χ0v) is 13.2. The molecule has 2 rings (SSSR count). The summed E-state index contributed by atoms with van der Waals surface area (Å²) in [4.78, 5) is 23.6. The van der Waals surface area contributed by atoms with Crippen LogP contribution in [-0.4, -0.2) is 15.6 Å². The Hall–Kier alpha value is -2.36. The van der Waals surface area contributed by atoms with E-state index >= 15 is 0 Å². The summed E-state index contributed by atoms with van der Waals surface area (Å²) in [6.07, 6.45) is 0.554. The molecule has 1 N–H and O–H groups in total. The first-order valence-electron chi connectivity index (χ1n) is 7.47. The van der Waals surface area contributed by atoms with E-state index in [-0.39, 0.29) is 18.0 Å². The minimum atomic E-state index is -0.990. The van der Waals surface area contributed by atoms with E-state index in [1.54, 1.807) is 10.6 Å². The highest BCUT2D eigenvalue weighted by molar-refractivity contribution is 5.70. The normalized spacial score (nSPS) is 12.1. The molecule has 0 aliphatic carbocycles. The molecule has 0 aliphatic heterocycles. The second-order valence-electron chi connectivity index (χ2n) is 5.61. The van der Waals surface area contributed by atoms with Crippen molar-refractivity contribution in [2.45, 2.75) is 39.7 Å². The molecule has 0 fully saturated rings.